The Balaban J connectivity index is 1.73. The van der Waals surface area contributed by atoms with Gasteiger partial charge in [0.1, 0.15) is 0 Å². The second kappa shape index (κ2) is 10.1. The van der Waals surface area contributed by atoms with Crippen LogP contribution >= 0.6 is 0 Å². The minimum absolute atomic E-state index is 0.194. The number of guanidine groups is 1. The number of hydrogen-bond acceptors (Lipinski definition) is 3. The van der Waals surface area contributed by atoms with Crippen LogP contribution in [-0.2, 0) is 4.74 Å². The quantitative estimate of drug-likeness (QED) is 0.557. The van der Waals surface area contributed by atoms with Crippen LogP contribution in [0.15, 0.2) is 4.99 Å². The first-order chi connectivity index (χ1) is 11.2. The largest absolute Gasteiger partial charge is 0.396 e. The van der Waals surface area contributed by atoms with E-state index in [1.54, 1.807) is 0 Å². The molecule has 1 saturated heterocycles. The molecule has 5 nitrogen and oxygen atoms in total. The summed E-state index contributed by atoms with van der Waals surface area (Å²) in [4.78, 5) is 7.01. The second-order valence-corrected chi connectivity index (χ2v) is 7.15. The third-order valence-corrected chi connectivity index (χ3v) is 4.98. The van der Waals surface area contributed by atoms with Gasteiger partial charge in [0.15, 0.2) is 5.96 Å². The number of piperidine rings is 1. The lowest BCUT2D eigenvalue weighted by Crippen LogP contribution is -2.47. The minimum atomic E-state index is 0.194. The Bertz CT molecular complexity index is 348. The van der Waals surface area contributed by atoms with Crippen LogP contribution in [0.2, 0.25) is 0 Å². The Hall–Kier alpha value is -0.810. The molecule has 2 N–H and O–H groups in total. The molecule has 0 amide bonds. The summed E-state index contributed by atoms with van der Waals surface area (Å²) in [6.07, 6.45) is 8.10. The van der Waals surface area contributed by atoms with Crippen molar-refractivity contribution in [1.29, 1.82) is 0 Å². The number of aliphatic imine (C=N–C) groups is 1. The molecular formula is C18H35N3O2. The highest BCUT2D eigenvalue weighted by molar-refractivity contribution is 5.80. The normalized spacial score (nSPS) is 22.6. The highest BCUT2D eigenvalue weighted by Crippen LogP contribution is 2.26. The molecule has 1 atom stereocenters. The molecule has 0 bridgehead atoms. The Kier molecular flexibility index (Phi) is 8.17. The van der Waals surface area contributed by atoms with Gasteiger partial charge in [-0.1, -0.05) is 19.8 Å². The van der Waals surface area contributed by atoms with E-state index in [2.05, 4.69) is 22.1 Å². The van der Waals surface area contributed by atoms with Crippen molar-refractivity contribution in [3.63, 3.8) is 0 Å². The number of hydrogen-bond donors (Lipinski definition) is 2. The van der Waals surface area contributed by atoms with Crippen molar-refractivity contribution in [3.8, 4) is 0 Å². The maximum atomic E-state index is 9.15. The van der Waals surface area contributed by atoms with E-state index < -0.39 is 0 Å². The van der Waals surface area contributed by atoms with Gasteiger partial charge in [0.05, 0.1) is 6.10 Å². The summed E-state index contributed by atoms with van der Waals surface area (Å²) in [6, 6.07) is 0. The zero-order valence-corrected chi connectivity index (χ0v) is 15.0. The number of likely N-dealkylation sites (tertiary alicyclic amines) is 1. The molecule has 0 spiro atoms. The minimum Gasteiger partial charge on any atom is -0.396 e. The third kappa shape index (κ3) is 6.30. The molecule has 5 heteroatoms. The maximum Gasteiger partial charge on any atom is 0.193 e. The fourth-order valence-electron chi connectivity index (χ4n) is 3.41. The standard InChI is InChI=1S/C18H35N3O2/c1-3-19-18(20-12-15(2)13-22)21-10-8-17(9-11-21)23-14-16-6-4-5-7-16/h15-17,22H,3-14H2,1-2H3,(H,19,20). The lowest BCUT2D eigenvalue weighted by Gasteiger charge is -2.34. The summed E-state index contributed by atoms with van der Waals surface area (Å²) >= 11 is 0. The molecule has 1 unspecified atom stereocenters. The lowest BCUT2D eigenvalue weighted by atomic mass is 10.1. The van der Waals surface area contributed by atoms with E-state index in [0.717, 1.165) is 51.0 Å². The molecule has 0 aromatic rings. The average molecular weight is 325 g/mol. The summed E-state index contributed by atoms with van der Waals surface area (Å²) in [5, 5.41) is 12.5. The summed E-state index contributed by atoms with van der Waals surface area (Å²) in [7, 11) is 0. The Morgan fingerprint density at radius 3 is 2.57 bits per heavy atom. The first kappa shape index (κ1) is 18.5. The van der Waals surface area contributed by atoms with E-state index >= 15 is 0 Å². The molecule has 23 heavy (non-hydrogen) atoms. The van der Waals surface area contributed by atoms with Gasteiger partial charge < -0.3 is 20.1 Å². The predicted octanol–water partition coefficient (Wildman–Crippen LogP) is 2.25. The van der Waals surface area contributed by atoms with Crippen molar-refractivity contribution in [1.82, 2.24) is 10.2 Å². The van der Waals surface area contributed by atoms with Crippen molar-refractivity contribution >= 4 is 5.96 Å². The average Bonchev–Trinajstić information content (AvgIpc) is 3.10. The lowest BCUT2D eigenvalue weighted by molar-refractivity contribution is 0.00100. The van der Waals surface area contributed by atoms with E-state index in [0.29, 0.717) is 12.6 Å². The fourth-order valence-corrected chi connectivity index (χ4v) is 3.41. The highest BCUT2D eigenvalue weighted by Gasteiger charge is 2.23. The van der Waals surface area contributed by atoms with Crippen LogP contribution in [0, 0.1) is 11.8 Å². The Labute approximate surface area is 141 Å². The van der Waals surface area contributed by atoms with Crippen LogP contribution in [0.25, 0.3) is 0 Å². The van der Waals surface area contributed by atoms with Gasteiger partial charge in [-0.2, -0.15) is 0 Å². The van der Waals surface area contributed by atoms with Crippen LogP contribution in [0.4, 0.5) is 0 Å². The summed E-state index contributed by atoms with van der Waals surface area (Å²) in [6.45, 7) is 8.86. The number of aliphatic hydroxyl groups excluding tert-OH is 1. The van der Waals surface area contributed by atoms with Crippen molar-refractivity contribution < 1.29 is 9.84 Å². The zero-order valence-electron chi connectivity index (χ0n) is 15.0. The monoisotopic (exact) mass is 325 g/mol. The van der Waals surface area contributed by atoms with Gasteiger partial charge in [-0.25, -0.2) is 0 Å². The van der Waals surface area contributed by atoms with Gasteiger partial charge in [-0.3, -0.25) is 4.99 Å². The molecule has 0 aromatic carbocycles. The number of nitrogens with zero attached hydrogens (tertiary/aromatic N) is 2. The van der Waals surface area contributed by atoms with Crippen LogP contribution < -0.4 is 5.32 Å². The number of rotatable bonds is 7. The molecule has 2 aliphatic rings. The van der Waals surface area contributed by atoms with Crippen LogP contribution in [0.1, 0.15) is 52.4 Å². The van der Waals surface area contributed by atoms with Gasteiger partial charge in [-0.05, 0) is 44.4 Å². The Morgan fingerprint density at radius 1 is 1.26 bits per heavy atom. The summed E-state index contributed by atoms with van der Waals surface area (Å²) < 4.78 is 6.15. The zero-order chi connectivity index (χ0) is 16.5. The summed E-state index contributed by atoms with van der Waals surface area (Å²) in [5.74, 6) is 2.02. The van der Waals surface area contributed by atoms with Crippen molar-refractivity contribution in [3.05, 3.63) is 0 Å². The second-order valence-electron chi connectivity index (χ2n) is 7.15. The van der Waals surface area contributed by atoms with E-state index in [-0.39, 0.29) is 12.5 Å². The maximum absolute atomic E-state index is 9.15. The van der Waals surface area contributed by atoms with Gasteiger partial charge in [0.2, 0.25) is 0 Å². The van der Waals surface area contributed by atoms with Crippen molar-refractivity contribution in [2.75, 3.05) is 39.4 Å². The predicted molar refractivity (Wildman–Crippen MR) is 94.7 cm³/mol. The molecular weight excluding hydrogens is 290 g/mol. The molecule has 2 rings (SSSR count). The summed E-state index contributed by atoms with van der Waals surface area (Å²) in [5.41, 5.74) is 0. The van der Waals surface area contributed by atoms with E-state index in [4.69, 9.17) is 9.84 Å². The molecule has 134 valence electrons. The molecule has 1 saturated carbocycles. The first-order valence-corrected chi connectivity index (χ1v) is 9.48. The van der Waals surface area contributed by atoms with Crippen molar-refractivity contribution in [2.24, 2.45) is 16.8 Å². The first-order valence-electron chi connectivity index (χ1n) is 9.48. The van der Waals surface area contributed by atoms with Crippen LogP contribution in [0.3, 0.4) is 0 Å². The van der Waals surface area contributed by atoms with Gasteiger partial charge in [0, 0.05) is 39.4 Å². The number of nitrogens with one attached hydrogen (secondary N) is 1. The van der Waals surface area contributed by atoms with Crippen molar-refractivity contribution in [2.45, 2.75) is 58.5 Å². The number of ether oxygens (including phenoxy) is 1. The van der Waals surface area contributed by atoms with Gasteiger partial charge in [-0.15, -0.1) is 0 Å². The highest BCUT2D eigenvalue weighted by atomic mass is 16.5. The molecule has 0 aromatic heterocycles. The van der Waals surface area contributed by atoms with Crippen LogP contribution in [-0.4, -0.2) is 61.5 Å². The molecule has 1 aliphatic heterocycles. The van der Waals surface area contributed by atoms with E-state index in [1.165, 1.54) is 25.7 Å². The van der Waals surface area contributed by atoms with Gasteiger partial charge >= 0.3 is 0 Å². The molecule has 0 radical (unpaired) electrons. The Morgan fingerprint density at radius 2 is 1.96 bits per heavy atom. The van der Waals surface area contributed by atoms with Crippen LogP contribution in [0.5, 0.6) is 0 Å². The number of aliphatic hydroxyl groups is 1. The SMILES string of the molecule is CCNC(=NCC(C)CO)N1CCC(OCC2CCCC2)CC1. The molecule has 1 heterocycles. The fraction of sp³-hybridized carbons (Fsp3) is 0.944. The van der Waals surface area contributed by atoms with E-state index in [9.17, 15) is 0 Å². The van der Waals surface area contributed by atoms with Gasteiger partial charge in [0.25, 0.3) is 0 Å². The van der Waals surface area contributed by atoms with E-state index in [1.807, 2.05) is 6.92 Å². The topological polar surface area (TPSA) is 57.1 Å². The smallest absolute Gasteiger partial charge is 0.193 e. The molecule has 1 aliphatic carbocycles. The third-order valence-electron chi connectivity index (χ3n) is 4.98. The molecule has 2 fully saturated rings.